The van der Waals surface area contributed by atoms with E-state index in [4.69, 9.17) is 4.74 Å². The second-order valence-corrected chi connectivity index (χ2v) is 7.04. The Kier molecular flexibility index (Phi) is 3.90. The van der Waals surface area contributed by atoms with E-state index in [0.717, 1.165) is 48.6 Å². The van der Waals surface area contributed by atoms with Crippen molar-refractivity contribution in [3.63, 3.8) is 0 Å². The molecule has 2 saturated heterocycles. The van der Waals surface area contributed by atoms with Gasteiger partial charge >= 0.3 is 0 Å². The molecular weight excluding hydrogens is 312 g/mol. The van der Waals surface area contributed by atoms with Crippen LogP contribution >= 0.6 is 11.3 Å². The molecule has 7 heteroatoms. The van der Waals surface area contributed by atoms with Crippen LogP contribution in [0.4, 0.5) is 5.82 Å². The normalized spacial score (nSPS) is 22.0. The number of rotatable bonds is 2. The lowest BCUT2D eigenvalue weighted by Gasteiger charge is -2.29. The first-order valence-corrected chi connectivity index (χ1v) is 8.92. The third-order valence-electron chi connectivity index (χ3n) is 4.67. The van der Waals surface area contributed by atoms with Gasteiger partial charge in [-0.25, -0.2) is 9.97 Å². The number of carbonyl (C=O) groups excluding carboxylic acids is 1. The van der Waals surface area contributed by atoms with Crippen LogP contribution in [0.3, 0.4) is 0 Å². The molecule has 0 aromatic carbocycles. The molecule has 0 aliphatic carbocycles. The summed E-state index contributed by atoms with van der Waals surface area (Å²) in [5, 5.41) is 2.12. The Morgan fingerprint density at radius 1 is 1.30 bits per heavy atom. The minimum absolute atomic E-state index is 0.0687. The van der Waals surface area contributed by atoms with Crippen LogP contribution in [0.25, 0.3) is 10.2 Å². The van der Waals surface area contributed by atoms with Crippen LogP contribution in [-0.2, 0) is 9.53 Å². The Morgan fingerprint density at radius 3 is 2.96 bits per heavy atom. The number of ether oxygens (including phenoxy) is 1. The Morgan fingerprint density at radius 2 is 2.13 bits per heavy atom. The first kappa shape index (κ1) is 14.8. The van der Waals surface area contributed by atoms with Gasteiger partial charge in [-0.3, -0.25) is 4.79 Å². The molecule has 2 aromatic rings. The van der Waals surface area contributed by atoms with Gasteiger partial charge in [0.1, 0.15) is 12.1 Å². The van der Waals surface area contributed by atoms with Crippen molar-refractivity contribution in [2.75, 3.05) is 44.3 Å². The quantitative estimate of drug-likeness (QED) is 0.837. The molecule has 2 aliphatic rings. The van der Waals surface area contributed by atoms with Crippen molar-refractivity contribution in [2.45, 2.75) is 13.3 Å². The topological polar surface area (TPSA) is 58.6 Å². The van der Waals surface area contributed by atoms with Crippen molar-refractivity contribution in [2.24, 2.45) is 5.92 Å². The van der Waals surface area contributed by atoms with Crippen LogP contribution in [0.1, 0.15) is 12.0 Å². The fourth-order valence-electron chi connectivity index (χ4n) is 3.38. The fourth-order valence-corrected chi connectivity index (χ4v) is 4.40. The molecule has 1 atom stereocenters. The minimum Gasteiger partial charge on any atom is -0.378 e. The van der Waals surface area contributed by atoms with E-state index in [-0.39, 0.29) is 11.8 Å². The SMILES string of the molecule is Cc1csc2c(N3CCC(C(=O)N4CCOCC4)C3)ncnc12. The number of carbonyl (C=O) groups is 1. The maximum Gasteiger partial charge on any atom is 0.227 e. The van der Waals surface area contributed by atoms with Gasteiger partial charge in [0.25, 0.3) is 0 Å². The van der Waals surface area contributed by atoms with Gasteiger partial charge in [-0.15, -0.1) is 11.3 Å². The molecule has 4 rings (SSSR count). The maximum atomic E-state index is 12.7. The van der Waals surface area contributed by atoms with E-state index in [2.05, 4.69) is 27.2 Å². The first-order chi connectivity index (χ1) is 11.2. The second kappa shape index (κ2) is 6.05. The highest BCUT2D eigenvalue weighted by Crippen LogP contribution is 2.33. The Bertz CT molecular complexity index is 726. The van der Waals surface area contributed by atoms with E-state index >= 15 is 0 Å². The van der Waals surface area contributed by atoms with E-state index in [1.54, 1.807) is 17.7 Å². The molecule has 2 aromatic heterocycles. The van der Waals surface area contributed by atoms with Crippen LogP contribution in [0, 0.1) is 12.8 Å². The molecule has 0 spiro atoms. The summed E-state index contributed by atoms with van der Waals surface area (Å²) >= 11 is 1.69. The summed E-state index contributed by atoms with van der Waals surface area (Å²) < 4.78 is 6.46. The van der Waals surface area contributed by atoms with E-state index in [9.17, 15) is 4.79 Å². The maximum absolute atomic E-state index is 12.7. The standard InChI is InChI=1S/C16H20N4O2S/c1-11-9-23-14-13(11)17-10-18-15(14)20-3-2-12(8-20)16(21)19-4-6-22-7-5-19/h9-10,12H,2-8H2,1H3. The van der Waals surface area contributed by atoms with E-state index in [1.807, 2.05) is 4.90 Å². The monoisotopic (exact) mass is 332 g/mol. The van der Waals surface area contributed by atoms with E-state index < -0.39 is 0 Å². The lowest BCUT2D eigenvalue weighted by molar-refractivity contribution is -0.138. The highest BCUT2D eigenvalue weighted by Gasteiger charge is 2.33. The molecule has 1 unspecified atom stereocenters. The summed E-state index contributed by atoms with van der Waals surface area (Å²) in [6.07, 6.45) is 2.53. The lowest BCUT2D eigenvalue weighted by Crippen LogP contribution is -2.44. The largest absolute Gasteiger partial charge is 0.378 e. The minimum atomic E-state index is 0.0687. The average Bonchev–Trinajstić information content (AvgIpc) is 3.22. The van der Waals surface area contributed by atoms with Gasteiger partial charge in [0.15, 0.2) is 0 Å². The van der Waals surface area contributed by atoms with Gasteiger partial charge in [0, 0.05) is 26.2 Å². The number of fused-ring (bicyclic) bond motifs is 1. The van der Waals surface area contributed by atoms with Gasteiger partial charge in [0.2, 0.25) is 5.91 Å². The fraction of sp³-hybridized carbons (Fsp3) is 0.562. The summed E-state index contributed by atoms with van der Waals surface area (Å²) in [5.74, 6) is 1.31. The Labute approximate surface area is 139 Å². The zero-order chi connectivity index (χ0) is 15.8. The predicted molar refractivity (Wildman–Crippen MR) is 89.9 cm³/mol. The molecule has 2 aliphatic heterocycles. The summed E-state index contributed by atoms with van der Waals surface area (Å²) in [6.45, 7) is 6.45. The number of nitrogens with zero attached hydrogens (tertiary/aromatic N) is 4. The van der Waals surface area contributed by atoms with Crippen molar-refractivity contribution in [3.8, 4) is 0 Å². The van der Waals surface area contributed by atoms with Crippen LogP contribution in [0.15, 0.2) is 11.7 Å². The highest BCUT2D eigenvalue weighted by molar-refractivity contribution is 7.18. The molecule has 0 N–H and O–H groups in total. The molecule has 122 valence electrons. The van der Waals surface area contributed by atoms with Crippen molar-refractivity contribution in [3.05, 3.63) is 17.3 Å². The molecule has 0 saturated carbocycles. The zero-order valence-corrected chi connectivity index (χ0v) is 14.0. The number of hydrogen-bond donors (Lipinski definition) is 0. The average molecular weight is 332 g/mol. The molecule has 6 nitrogen and oxygen atoms in total. The van der Waals surface area contributed by atoms with Crippen molar-refractivity contribution in [1.82, 2.24) is 14.9 Å². The molecule has 23 heavy (non-hydrogen) atoms. The number of anilines is 1. The van der Waals surface area contributed by atoms with Gasteiger partial charge < -0.3 is 14.5 Å². The molecule has 0 bridgehead atoms. The third-order valence-corrected chi connectivity index (χ3v) is 5.75. The van der Waals surface area contributed by atoms with Gasteiger partial charge in [-0.05, 0) is 24.3 Å². The number of aromatic nitrogens is 2. The van der Waals surface area contributed by atoms with Crippen molar-refractivity contribution >= 4 is 33.3 Å². The van der Waals surface area contributed by atoms with Crippen LogP contribution < -0.4 is 4.90 Å². The molecule has 4 heterocycles. The molecule has 1 amide bonds. The van der Waals surface area contributed by atoms with Gasteiger partial charge in [0.05, 0.1) is 29.3 Å². The second-order valence-electron chi connectivity index (χ2n) is 6.16. The van der Waals surface area contributed by atoms with E-state index in [0.29, 0.717) is 13.2 Å². The lowest BCUT2D eigenvalue weighted by atomic mass is 10.1. The zero-order valence-electron chi connectivity index (χ0n) is 13.2. The number of thiophene rings is 1. The van der Waals surface area contributed by atoms with Crippen LogP contribution in [0.5, 0.6) is 0 Å². The number of morpholine rings is 1. The van der Waals surface area contributed by atoms with Gasteiger partial charge in [-0.2, -0.15) is 0 Å². The number of amides is 1. The summed E-state index contributed by atoms with van der Waals surface area (Å²) in [5.41, 5.74) is 2.22. The summed E-state index contributed by atoms with van der Waals surface area (Å²) in [4.78, 5) is 25.7. The smallest absolute Gasteiger partial charge is 0.227 e. The summed E-state index contributed by atoms with van der Waals surface area (Å²) in [6, 6.07) is 0. The molecule has 0 radical (unpaired) electrons. The number of hydrogen-bond acceptors (Lipinski definition) is 6. The first-order valence-electron chi connectivity index (χ1n) is 8.04. The van der Waals surface area contributed by atoms with Crippen LogP contribution in [0.2, 0.25) is 0 Å². The van der Waals surface area contributed by atoms with E-state index in [1.165, 1.54) is 5.56 Å². The van der Waals surface area contributed by atoms with Crippen molar-refractivity contribution in [1.29, 1.82) is 0 Å². The van der Waals surface area contributed by atoms with Gasteiger partial charge in [-0.1, -0.05) is 0 Å². The molecule has 2 fully saturated rings. The number of aryl methyl sites for hydroxylation is 1. The third kappa shape index (κ3) is 2.68. The predicted octanol–water partition coefficient (Wildman–Crippen LogP) is 1.68. The molecular formula is C16H20N4O2S. The Balaban J connectivity index is 1.52. The Hall–Kier alpha value is -1.73. The van der Waals surface area contributed by atoms with Crippen LogP contribution in [-0.4, -0.2) is 60.2 Å². The summed E-state index contributed by atoms with van der Waals surface area (Å²) in [7, 11) is 0. The van der Waals surface area contributed by atoms with Crippen molar-refractivity contribution < 1.29 is 9.53 Å². The highest BCUT2D eigenvalue weighted by atomic mass is 32.1.